The molecule has 0 bridgehead atoms. The van der Waals surface area contributed by atoms with Crippen molar-refractivity contribution in [3.8, 4) is 0 Å². The summed E-state index contributed by atoms with van der Waals surface area (Å²) in [5.41, 5.74) is 11.0. The molecule has 1 aromatic rings. The van der Waals surface area contributed by atoms with E-state index < -0.39 is 6.04 Å². The standard InChI is InChI=1S/C11H18N4O/c1-11(2,3)9(13)10(16)15-8-6-4-5-7(12)14-8/h4-6,9H,13H2,1-3H3,(H3,12,14,15,16)/t9-/m1/s1. The van der Waals surface area contributed by atoms with Crippen LogP contribution < -0.4 is 16.8 Å². The van der Waals surface area contributed by atoms with E-state index >= 15 is 0 Å². The van der Waals surface area contributed by atoms with Gasteiger partial charge < -0.3 is 16.8 Å². The number of hydrogen-bond acceptors (Lipinski definition) is 4. The molecule has 0 saturated heterocycles. The Kier molecular flexibility index (Phi) is 3.49. The third-order valence-electron chi connectivity index (χ3n) is 2.24. The minimum atomic E-state index is -0.587. The van der Waals surface area contributed by atoms with Gasteiger partial charge in [0.05, 0.1) is 6.04 Å². The molecule has 5 heteroatoms. The normalized spacial score (nSPS) is 13.2. The van der Waals surface area contributed by atoms with Gasteiger partial charge in [0, 0.05) is 0 Å². The van der Waals surface area contributed by atoms with Crippen molar-refractivity contribution in [3.63, 3.8) is 0 Å². The SMILES string of the molecule is CC(C)(C)[C@H](N)C(=O)Nc1cccc(N)n1. The van der Waals surface area contributed by atoms with Crippen molar-refractivity contribution >= 4 is 17.5 Å². The number of nitrogens with one attached hydrogen (secondary N) is 1. The highest BCUT2D eigenvalue weighted by Crippen LogP contribution is 2.18. The molecule has 0 saturated carbocycles. The number of anilines is 2. The lowest BCUT2D eigenvalue weighted by molar-refractivity contribution is -0.119. The van der Waals surface area contributed by atoms with Crippen LogP contribution in [-0.4, -0.2) is 16.9 Å². The number of carbonyl (C=O) groups excluding carboxylic acids is 1. The third-order valence-corrected chi connectivity index (χ3v) is 2.24. The second-order valence-electron chi connectivity index (χ2n) is 4.78. The Balaban J connectivity index is 2.72. The van der Waals surface area contributed by atoms with E-state index in [1.165, 1.54) is 0 Å². The first-order valence-corrected chi connectivity index (χ1v) is 5.09. The van der Waals surface area contributed by atoms with Crippen LogP contribution in [0.5, 0.6) is 0 Å². The van der Waals surface area contributed by atoms with E-state index in [2.05, 4.69) is 10.3 Å². The molecule has 5 nitrogen and oxygen atoms in total. The summed E-state index contributed by atoms with van der Waals surface area (Å²) in [5.74, 6) is 0.525. The fraction of sp³-hybridized carbons (Fsp3) is 0.455. The van der Waals surface area contributed by atoms with Crippen LogP contribution in [0.25, 0.3) is 0 Å². The van der Waals surface area contributed by atoms with Gasteiger partial charge in [-0.3, -0.25) is 4.79 Å². The molecule has 1 aromatic heterocycles. The van der Waals surface area contributed by atoms with Crippen LogP contribution >= 0.6 is 0 Å². The van der Waals surface area contributed by atoms with Crippen molar-refractivity contribution in [1.82, 2.24) is 4.98 Å². The van der Waals surface area contributed by atoms with Crippen LogP contribution in [0.15, 0.2) is 18.2 Å². The maximum atomic E-state index is 11.8. The molecule has 0 spiro atoms. The summed E-state index contributed by atoms with van der Waals surface area (Å²) in [6.07, 6.45) is 0. The second-order valence-corrected chi connectivity index (χ2v) is 4.78. The fourth-order valence-electron chi connectivity index (χ4n) is 1.12. The largest absolute Gasteiger partial charge is 0.384 e. The summed E-state index contributed by atoms with van der Waals surface area (Å²) in [6, 6.07) is 4.46. The topological polar surface area (TPSA) is 94.0 Å². The number of aromatic nitrogens is 1. The van der Waals surface area contributed by atoms with Crippen molar-refractivity contribution in [2.24, 2.45) is 11.1 Å². The lowest BCUT2D eigenvalue weighted by atomic mass is 9.87. The molecule has 0 aliphatic rings. The van der Waals surface area contributed by atoms with E-state index in [9.17, 15) is 4.79 Å². The molecule has 0 aliphatic heterocycles. The van der Waals surface area contributed by atoms with E-state index in [0.717, 1.165) is 0 Å². The van der Waals surface area contributed by atoms with Gasteiger partial charge in [0.25, 0.3) is 0 Å². The minimum Gasteiger partial charge on any atom is -0.384 e. The van der Waals surface area contributed by atoms with E-state index in [1.54, 1.807) is 18.2 Å². The van der Waals surface area contributed by atoms with Crippen molar-refractivity contribution in [2.75, 3.05) is 11.1 Å². The molecule has 0 aromatic carbocycles. The number of hydrogen-bond donors (Lipinski definition) is 3. The van der Waals surface area contributed by atoms with E-state index in [0.29, 0.717) is 11.6 Å². The number of carbonyl (C=O) groups is 1. The number of rotatable bonds is 2. The predicted octanol–water partition coefficient (Wildman–Crippen LogP) is 0.976. The quantitative estimate of drug-likeness (QED) is 0.695. The Labute approximate surface area is 95.2 Å². The Bertz CT molecular complexity index is 384. The Morgan fingerprint density at radius 2 is 2.06 bits per heavy atom. The highest BCUT2D eigenvalue weighted by molar-refractivity contribution is 5.94. The molecule has 0 fully saturated rings. The minimum absolute atomic E-state index is 0.259. The molecular weight excluding hydrogens is 204 g/mol. The maximum absolute atomic E-state index is 11.8. The van der Waals surface area contributed by atoms with E-state index in [4.69, 9.17) is 11.5 Å². The van der Waals surface area contributed by atoms with Crippen LogP contribution in [0.3, 0.4) is 0 Å². The molecule has 0 aliphatic carbocycles. The number of nitrogens with zero attached hydrogens (tertiary/aromatic N) is 1. The summed E-state index contributed by atoms with van der Waals surface area (Å²) in [5, 5.41) is 2.63. The molecule has 1 heterocycles. The van der Waals surface area contributed by atoms with Crippen LogP contribution in [0.4, 0.5) is 11.6 Å². The van der Waals surface area contributed by atoms with Gasteiger partial charge >= 0.3 is 0 Å². The second kappa shape index (κ2) is 4.49. The number of nitrogen functional groups attached to an aromatic ring is 1. The summed E-state index contributed by atoms with van der Waals surface area (Å²) in [7, 11) is 0. The van der Waals surface area contributed by atoms with Gasteiger partial charge in [-0.1, -0.05) is 26.8 Å². The van der Waals surface area contributed by atoms with Gasteiger partial charge in [0.15, 0.2) is 0 Å². The van der Waals surface area contributed by atoms with Crippen molar-refractivity contribution in [1.29, 1.82) is 0 Å². The van der Waals surface area contributed by atoms with Crippen molar-refractivity contribution < 1.29 is 4.79 Å². The lowest BCUT2D eigenvalue weighted by Crippen LogP contribution is -2.45. The zero-order chi connectivity index (χ0) is 12.3. The van der Waals surface area contributed by atoms with Crippen LogP contribution in [-0.2, 0) is 4.79 Å². The number of pyridine rings is 1. The number of nitrogens with two attached hydrogens (primary N) is 2. The molecule has 88 valence electrons. The van der Waals surface area contributed by atoms with Crippen LogP contribution in [0.1, 0.15) is 20.8 Å². The van der Waals surface area contributed by atoms with Gasteiger partial charge in [-0.25, -0.2) is 4.98 Å². The summed E-state index contributed by atoms with van der Waals surface area (Å²) < 4.78 is 0. The Morgan fingerprint density at radius 1 is 1.44 bits per heavy atom. The first-order chi connectivity index (χ1) is 7.30. The number of amides is 1. The van der Waals surface area contributed by atoms with Gasteiger partial charge in [-0.15, -0.1) is 0 Å². The smallest absolute Gasteiger partial charge is 0.242 e. The first kappa shape index (κ1) is 12.4. The Hall–Kier alpha value is -1.62. The molecular formula is C11H18N4O. The van der Waals surface area contributed by atoms with Crippen molar-refractivity contribution in [2.45, 2.75) is 26.8 Å². The molecule has 1 amide bonds. The lowest BCUT2D eigenvalue weighted by Gasteiger charge is -2.25. The highest BCUT2D eigenvalue weighted by Gasteiger charge is 2.27. The van der Waals surface area contributed by atoms with Crippen molar-refractivity contribution in [3.05, 3.63) is 18.2 Å². The first-order valence-electron chi connectivity index (χ1n) is 5.09. The highest BCUT2D eigenvalue weighted by atomic mass is 16.2. The zero-order valence-electron chi connectivity index (χ0n) is 9.82. The zero-order valence-corrected chi connectivity index (χ0v) is 9.82. The summed E-state index contributed by atoms with van der Waals surface area (Å²) >= 11 is 0. The van der Waals surface area contributed by atoms with E-state index in [1.807, 2.05) is 20.8 Å². The molecule has 1 rings (SSSR count). The average Bonchev–Trinajstić information content (AvgIpc) is 2.15. The molecule has 0 unspecified atom stereocenters. The molecule has 1 atom stereocenters. The average molecular weight is 222 g/mol. The maximum Gasteiger partial charge on any atom is 0.242 e. The van der Waals surface area contributed by atoms with E-state index in [-0.39, 0.29) is 11.3 Å². The molecule has 0 radical (unpaired) electrons. The molecule has 5 N–H and O–H groups in total. The Morgan fingerprint density at radius 3 is 2.56 bits per heavy atom. The van der Waals surface area contributed by atoms with Gasteiger partial charge in [0.2, 0.25) is 5.91 Å². The van der Waals surface area contributed by atoms with Gasteiger partial charge in [-0.05, 0) is 17.5 Å². The molecule has 16 heavy (non-hydrogen) atoms. The monoisotopic (exact) mass is 222 g/mol. The predicted molar refractivity (Wildman–Crippen MR) is 64.7 cm³/mol. The fourth-order valence-corrected chi connectivity index (χ4v) is 1.12. The summed E-state index contributed by atoms with van der Waals surface area (Å²) in [6.45, 7) is 5.72. The van der Waals surface area contributed by atoms with Crippen LogP contribution in [0, 0.1) is 5.41 Å². The van der Waals surface area contributed by atoms with Gasteiger partial charge in [-0.2, -0.15) is 0 Å². The van der Waals surface area contributed by atoms with Gasteiger partial charge in [0.1, 0.15) is 11.6 Å². The third kappa shape index (κ3) is 3.20. The summed E-state index contributed by atoms with van der Waals surface area (Å²) in [4.78, 5) is 15.7. The van der Waals surface area contributed by atoms with Crippen LogP contribution in [0.2, 0.25) is 0 Å².